The fraction of sp³-hybridized carbons (Fsp3) is 0. The molecule has 1 aromatic carbocycles. The highest BCUT2D eigenvalue weighted by molar-refractivity contribution is 6.43. The highest BCUT2D eigenvalue weighted by Gasteiger charge is 1.99. The van der Waals surface area contributed by atoms with Crippen molar-refractivity contribution in [1.82, 2.24) is 0 Å². The van der Waals surface area contributed by atoms with E-state index in [0.717, 1.165) is 8.85 Å². The fourth-order valence-electron chi connectivity index (χ4n) is 0.779. The lowest BCUT2D eigenvalue weighted by atomic mass is 10.2. The van der Waals surface area contributed by atoms with Crippen LogP contribution in [0.2, 0.25) is 5.02 Å². The molecule has 0 unspecified atom stereocenters. The largest absolute Gasteiger partial charge is 0.193 e. The Balaban J connectivity index is 3.40. The number of nitrogens with zero attached hydrogens (tertiary/aromatic N) is 1. The molecule has 0 saturated carbocycles. The van der Waals surface area contributed by atoms with Crippen molar-refractivity contribution in [2.75, 3.05) is 0 Å². The van der Waals surface area contributed by atoms with Crippen molar-refractivity contribution >= 4 is 53.0 Å². The maximum absolute atomic E-state index is 8.67. The zero-order valence-electron chi connectivity index (χ0n) is 5.63. The molecule has 0 amide bonds. The normalized spacial score (nSPS) is 9.09. The van der Waals surface area contributed by atoms with E-state index in [0.29, 0.717) is 10.6 Å². The molecule has 0 aromatic heterocycles. The van der Waals surface area contributed by atoms with Crippen molar-refractivity contribution in [3.8, 4) is 6.07 Å². The molecule has 1 aromatic rings. The maximum atomic E-state index is 8.67. The standard InChI is InChI=1S/C7H2ClN.2Al/c8-7-3-1-6(5-9)2-4-7;;/h3-4H;;. The summed E-state index contributed by atoms with van der Waals surface area (Å²) in [6.45, 7) is 0. The highest BCUT2D eigenvalue weighted by Crippen LogP contribution is 2.03. The molecule has 0 aliphatic carbocycles. The number of hydrogen-bond donors (Lipinski definition) is 0. The first-order valence-electron chi connectivity index (χ1n) is 2.89. The first-order chi connectivity index (χ1) is 5.15. The van der Waals surface area contributed by atoms with E-state index >= 15 is 0 Å². The van der Waals surface area contributed by atoms with Crippen molar-refractivity contribution in [2.45, 2.75) is 0 Å². The monoisotopic (exact) mass is 189 g/mol. The molecule has 0 aliphatic heterocycles. The van der Waals surface area contributed by atoms with Crippen LogP contribution in [-0.4, -0.2) is 32.6 Å². The average molecular weight is 190 g/mol. The first kappa shape index (κ1) is 9.16. The zero-order valence-corrected chi connectivity index (χ0v) is 8.70. The highest BCUT2D eigenvalue weighted by atomic mass is 35.5. The second-order valence-corrected chi connectivity index (χ2v) is 3.75. The van der Waals surface area contributed by atoms with E-state index in [-0.39, 0.29) is 0 Å². The van der Waals surface area contributed by atoms with Gasteiger partial charge in [-0.2, -0.15) is 5.26 Å². The molecule has 0 atom stereocenters. The van der Waals surface area contributed by atoms with Crippen LogP contribution in [0.5, 0.6) is 0 Å². The number of hydrogen-bond acceptors (Lipinski definition) is 1. The van der Waals surface area contributed by atoms with Gasteiger partial charge >= 0.3 is 0 Å². The topological polar surface area (TPSA) is 23.8 Å². The first-order valence-corrected chi connectivity index (χ1v) is 4.43. The van der Waals surface area contributed by atoms with Gasteiger partial charge in [0.1, 0.15) is 0 Å². The van der Waals surface area contributed by atoms with Crippen LogP contribution in [0, 0.1) is 11.3 Å². The minimum atomic E-state index is 0.652. The Morgan fingerprint density at radius 1 is 1.27 bits per heavy atom. The predicted molar refractivity (Wildman–Crippen MR) is 46.9 cm³/mol. The van der Waals surface area contributed by atoms with Crippen LogP contribution in [0.1, 0.15) is 5.56 Å². The van der Waals surface area contributed by atoms with Gasteiger partial charge in [0, 0.05) is 10.6 Å². The molecule has 4 heteroatoms. The molecule has 0 spiro atoms. The predicted octanol–water partition coefficient (Wildman–Crippen LogP) is -0.201. The maximum Gasteiger partial charge on any atom is 0.177 e. The van der Waals surface area contributed by atoms with Crippen molar-refractivity contribution in [3.63, 3.8) is 0 Å². The number of rotatable bonds is 0. The molecule has 0 aliphatic rings. The summed E-state index contributed by atoms with van der Waals surface area (Å²) in [5, 5.41) is 9.32. The van der Waals surface area contributed by atoms with Crippen molar-refractivity contribution in [2.24, 2.45) is 0 Å². The smallest absolute Gasteiger partial charge is 0.177 e. The van der Waals surface area contributed by atoms with Crippen LogP contribution in [-0.2, 0) is 0 Å². The summed E-state index contributed by atoms with van der Waals surface area (Å²) >= 11 is 10.7. The average Bonchev–Trinajstić information content (AvgIpc) is 1.85. The number of benzene rings is 1. The van der Waals surface area contributed by atoms with Gasteiger partial charge in [-0.3, -0.25) is 0 Å². The van der Waals surface area contributed by atoms with Gasteiger partial charge in [-0.05, 0) is 0 Å². The molecule has 1 nitrogen and oxygen atoms in total. The van der Waals surface area contributed by atoms with Crippen LogP contribution in [0.15, 0.2) is 12.1 Å². The van der Waals surface area contributed by atoms with E-state index in [1.54, 1.807) is 12.1 Å². The van der Waals surface area contributed by atoms with Crippen molar-refractivity contribution < 1.29 is 0 Å². The third-order valence-electron chi connectivity index (χ3n) is 1.28. The summed E-state index contributed by atoms with van der Waals surface area (Å²) in [7, 11) is 0. The summed E-state index contributed by atoms with van der Waals surface area (Å²) in [5.41, 5.74) is 0.657. The van der Waals surface area contributed by atoms with Crippen molar-refractivity contribution in [3.05, 3.63) is 22.7 Å². The Kier molecular flexibility index (Phi) is 3.03. The zero-order chi connectivity index (χ0) is 8.43. The molecule has 1 rings (SSSR count). The van der Waals surface area contributed by atoms with E-state index < -0.39 is 0 Å². The van der Waals surface area contributed by atoms with Gasteiger partial charge in [0.15, 0.2) is 32.6 Å². The summed E-state index contributed by atoms with van der Waals surface area (Å²) in [6.07, 6.45) is 0. The molecule has 0 N–H and O–H groups in total. The van der Waals surface area contributed by atoms with Crippen molar-refractivity contribution in [1.29, 1.82) is 5.26 Å². The molecule has 0 bridgehead atoms. The van der Waals surface area contributed by atoms with Crippen LogP contribution in [0.25, 0.3) is 0 Å². The van der Waals surface area contributed by atoms with Gasteiger partial charge in [0.25, 0.3) is 0 Å². The lowest BCUT2D eigenvalue weighted by molar-refractivity contribution is 1.51. The molecule has 0 saturated heterocycles. The third kappa shape index (κ3) is 2.01. The molecule has 11 heavy (non-hydrogen) atoms. The molecule has 0 fully saturated rings. The van der Waals surface area contributed by atoms with E-state index in [1.165, 1.54) is 0 Å². The van der Waals surface area contributed by atoms with Crippen LogP contribution >= 0.6 is 11.6 Å². The van der Waals surface area contributed by atoms with E-state index in [9.17, 15) is 0 Å². The Hall–Kier alpha value is 0.0649. The van der Waals surface area contributed by atoms with Gasteiger partial charge in [0.05, 0.1) is 6.07 Å². The summed E-state index contributed by atoms with van der Waals surface area (Å²) in [6, 6.07) is 5.59. The Labute approximate surface area is 86.8 Å². The summed E-state index contributed by atoms with van der Waals surface area (Å²) in [4.78, 5) is 0. The molecule has 0 heterocycles. The van der Waals surface area contributed by atoms with E-state index in [4.69, 9.17) is 16.9 Å². The van der Waals surface area contributed by atoms with Gasteiger partial charge in [0.2, 0.25) is 0 Å². The molecule has 4 radical (unpaired) electrons. The van der Waals surface area contributed by atoms with E-state index in [2.05, 4.69) is 38.6 Å². The lowest BCUT2D eigenvalue weighted by Gasteiger charge is -2.03. The van der Waals surface area contributed by atoms with Gasteiger partial charge in [-0.15, -0.1) is 8.85 Å². The quantitative estimate of drug-likeness (QED) is 0.519. The van der Waals surface area contributed by atoms with Gasteiger partial charge in [-0.25, -0.2) is 0 Å². The van der Waals surface area contributed by atoms with Gasteiger partial charge in [-0.1, -0.05) is 23.7 Å². The fourth-order valence-corrected chi connectivity index (χ4v) is 2.21. The van der Waals surface area contributed by atoms with E-state index in [1.807, 2.05) is 0 Å². The second kappa shape index (κ2) is 3.64. The Morgan fingerprint density at radius 2 is 1.73 bits per heavy atom. The molecular weight excluding hydrogens is 188 g/mol. The SMILES string of the molecule is N#Cc1[c]([Al])cc(Cl)c[c]1[Al]. The Bertz CT molecular complexity index is 307. The summed E-state index contributed by atoms with van der Waals surface area (Å²) in [5.74, 6) is 0. The summed E-state index contributed by atoms with van der Waals surface area (Å²) < 4.78 is 1.68. The number of halogens is 1. The van der Waals surface area contributed by atoms with Gasteiger partial charge < -0.3 is 0 Å². The van der Waals surface area contributed by atoms with Crippen LogP contribution < -0.4 is 8.85 Å². The lowest BCUT2D eigenvalue weighted by Crippen LogP contribution is -2.20. The van der Waals surface area contributed by atoms with Crippen LogP contribution in [0.4, 0.5) is 0 Å². The van der Waals surface area contributed by atoms with Crippen LogP contribution in [0.3, 0.4) is 0 Å². The Morgan fingerprint density at radius 3 is 2.09 bits per heavy atom. The molecule has 48 valence electrons. The minimum Gasteiger partial charge on any atom is -0.193 e. The second-order valence-electron chi connectivity index (χ2n) is 2.07. The molecular formula is C7H2Al2ClN. The minimum absolute atomic E-state index is 0.652. The number of nitriles is 1. The third-order valence-corrected chi connectivity index (χ3v) is 2.40.